The van der Waals surface area contributed by atoms with Crippen LogP contribution in [0.15, 0.2) is 0 Å². The molecule has 0 unspecified atom stereocenters. The molecule has 2 fully saturated rings. The van der Waals surface area contributed by atoms with Gasteiger partial charge >= 0.3 is 0 Å². The van der Waals surface area contributed by atoms with Gasteiger partial charge < -0.3 is 14.7 Å². The SMILES string of the molecule is OCCOC1CCN(CC2CCCC2)CC1. The molecule has 0 bridgehead atoms. The van der Waals surface area contributed by atoms with Crippen LogP contribution in [0.1, 0.15) is 38.5 Å². The van der Waals surface area contributed by atoms with Gasteiger partial charge in [0, 0.05) is 19.6 Å². The minimum absolute atomic E-state index is 0.155. The molecular formula is C13H25NO2. The Morgan fingerprint density at radius 1 is 1.06 bits per heavy atom. The van der Waals surface area contributed by atoms with E-state index in [0.29, 0.717) is 12.7 Å². The van der Waals surface area contributed by atoms with Crippen molar-refractivity contribution in [3.05, 3.63) is 0 Å². The first kappa shape index (κ1) is 12.3. The molecule has 1 N–H and O–H groups in total. The molecule has 1 saturated heterocycles. The van der Waals surface area contributed by atoms with Gasteiger partial charge in [-0.3, -0.25) is 0 Å². The number of rotatable bonds is 5. The minimum atomic E-state index is 0.155. The van der Waals surface area contributed by atoms with Crippen molar-refractivity contribution >= 4 is 0 Å². The van der Waals surface area contributed by atoms with Crippen molar-refractivity contribution in [2.75, 3.05) is 32.8 Å². The average molecular weight is 227 g/mol. The maximum atomic E-state index is 8.70. The summed E-state index contributed by atoms with van der Waals surface area (Å²) in [6.07, 6.45) is 8.47. The third-order valence-electron chi connectivity index (χ3n) is 3.97. The van der Waals surface area contributed by atoms with E-state index in [2.05, 4.69) is 4.90 Å². The molecule has 0 aromatic heterocycles. The lowest BCUT2D eigenvalue weighted by atomic mass is 10.0. The summed E-state index contributed by atoms with van der Waals surface area (Å²) in [6, 6.07) is 0. The van der Waals surface area contributed by atoms with Crippen LogP contribution < -0.4 is 0 Å². The van der Waals surface area contributed by atoms with Crippen LogP contribution in [0.25, 0.3) is 0 Å². The Kier molecular flexibility index (Phi) is 5.07. The fraction of sp³-hybridized carbons (Fsp3) is 1.00. The third kappa shape index (κ3) is 3.72. The van der Waals surface area contributed by atoms with Crippen LogP contribution in [-0.4, -0.2) is 49.0 Å². The predicted octanol–water partition coefficient (Wildman–Crippen LogP) is 1.65. The van der Waals surface area contributed by atoms with Crippen molar-refractivity contribution in [1.29, 1.82) is 0 Å². The lowest BCUT2D eigenvalue weighted by Crippen LogP contribution is -2.39. The molecule has 3 nitrogen and oxygen atoms in total. The summed E-state index contributed by atoms with van der Waals surface area (Å²) in [5, 5.41) is 8.70. The molecule has 0 aromatic rings. The second kappa shape index (κ2) is 6.58. The quantitative estimate of drug-likeness (QED) is 0.775. The summed E-state index contributed by atoms with van der Waals surface area (Å²) in [4.78, 5) is 2.61. The van der Waals surface area contributed by atoms with Gasteiger partial charge in [-0.2, -0.15) is 0 Å². The highest BCUT2D eigenvalue weighted by atomic mass is 16.5. The van der Waals surface area contributed by atoms with Crippen LogP contribution in [0, 0.1) is 5.92 Å². The summed E-state index contributed by atoms with van der Waals surface area (Å²) in [5.41, 5.74) is 0. The summed E-state index contributed by atoms with van der Waals surface area (Å²) < 4.78 is 5.57. The number of ether oxygens (including phenoxy) is 1. The highest BCUT2D eigenvalue weighted by Gasteiger charge is 2.23. The number of piperidine rings is 1. The molecule has 0 aromatic carbocycles. The van der Waals surface area contributed by atoms with Crippen LogP contribution in [0.3, 0.4) is 0 Å². The van der Waals surface area contributed by atoms with Gasteiger partial charge in [0.15, 0.2) is 0 Å². The van der Waals surface area contributed by atoms with Gasteiger partial charge in [0.05, 0.1) is 19.3 Å². The van der Waals surface area contributed by atoms with Gasteiger partial charge in [-0.1, -0.05) is 12.8 Å². The maximum Gasteiger partial charge on any atom is 0.0701 e. The van der Waals surface area contributed by atoms with Crippen LogP contribution in [0.2, 0.25) is 0 Å². The lowest BCUT2D eigenvalue weighted by molar-refractivity contribution is -0.00980. The highest BCUT2D eigenvalue weighted by molar-refractivity contribution is 4.77. The van der Waals surface area contributed by atoms with Crippen LogP contribution >= 0.6 is 0 Å². The first-order chi connectivity index (χ1) is 7.88. The van der Waals surface area contributed by atoms with Gasteiger partial charge in [-0.15, -0.1) is 0 Å². The number of hydrogen-bond donors (Lipinski definition) is 1. The second-order valence-electron chi connectivity index (χ2n) is 5.24. The highest BCUT2D eigenvalue weighted by Crippen LogP contribution is 2.26. The van der Waals surface area contributed by atoms with E-state index >= 15 is 0 Å². The Morgan fingerprint density at radius 2 is 1.75 bits per heavy atom. The zero-order valence-corrected chi connectivity index (χ0v) is 10.2. The van der Waals surface area contributed by atoms with E-state index in [1.807, 2.05) is 0 Å². The summed E-state index contributed by atoms with van der Waals surface area (Å²) in [6.45, 7) is 4.35. The van der Waals surface area contributed by atoms with Crippen LogP contribution in [-0.2, 0) is 4.74 Å². The fourth-order valence-corrected chi connectivity index (χ4v) is 3.04. The Labute approximate surface area is 98.8 Å². The van der Waals surface area contributed by atoms with Crippen molar-refractivity contribution in [2.24, 2.45) is 5.92 Å². The molecule has 0 spiro atoms. The largest absolute Gasteiger partial charge is 0.394 e. The van der Waals surface area contributed by atoms with Crippen molar-refractivity contribution in [3.8, 4) is 0 Å². The van der Waals surface area contributed by atoms with Crippen molar-refractivity contribution in [2.45, 2.75) is 44.6 Å². The molecule has 0 radical (unpaired) electrons. The molecule has 16 heavy (non-hydrogen) atoms. The Balaban J connectivity index is 1.60. The Morgan fingerprint density at radius 3 is 2.38 bits per heavy atom. The Bertz CT molecular complexity index is 184. The number of nitrogens with zero attached hydrogens (tertiary/aromatic N) is 1. The summed E-state index contributed by atoms with van der Waals surface area (Å²) >= 11 is 0. The molecule has 0 amide bonds. The van der Waals surface area contributed by atoms with E-state index in [0.717, 1.165) is 18.8 Å². The second-order valence-corrected chi connectivity index (χ2v) is 5.24. The van der Waals surface area contributed by atoms with Gasteiger partial charge in [-0.25, -0.2) is 0 Å². The average Bonchev–Trinajstić information content (AvgIpc) is 2.81. The molecule has 1 saturated carbocycles. The van der Waals surface area contributed by atoms with Gasteiger partial charge in [-0.05, 0) is 31.6 Å². The smallest absolute Gasteiger partial charge is 0.0701 e. The molecule has 1 aliphatic heterocycles. The van der Waals surface area contributed by atoms with E-state index < -0.39 is 0 Å². The molecule has 2 rings (SSSR count). The maximum absolute atomic E-state index is 8.70. The Hall–Kier alpha value is -0.120. The lowest BCUT2D eigenvalue weighted by Gasteiger charge is -2.33. The minimum Gasteiger partial charge on any atom is -0.394 e. The summed E-state index contributed by atoms with van der Waals surface area (Å²) in [7, 11) is 0. The standard InChI is InChI=1S/C13H25NO2/c15-9-10-16-13-5-7-14(8-6-13)11-12-3-1-2-4-12/h12-13,15H,1-11H2. The normalized spacial score (nSPS) is 25.3. The number of hydrogen-bond acceptors (Lipinski definition) is 3. The van der Waals surface area contributed by atoms with Crippen molar-refractivity contribution < 1.29 is 9.84 Å². The predicted molar refractivity (Wildman–Crippen MR) is 64.5 cm³/mol. The molecule has 2 aliphatic rings. The number of likely N-dealkylation sites (tertiary alicyclic amines) is 1. The molecule has 3 heteroatoms. The molecule has 0 atom stereocenters. The van der Waals surface area contributed by atoms with Crippen molar-refractivity contribution in [1.82, 2.24) is 4.90 Å². The van der Waals surface area contributed by atoms with Gasteiger partial charge in [0.1, 0.15) is 0 Å². The zero-order chi connectivity index (χ0) is 11.2. The van der Waals surface area contributed by atoms with E-state index in [9.17, 15) is 0 Å². The van der Waals surface area contributed by atoms with E-state index in [1.54, 1.807) is 0 Å². The molecule has 1 aliphatic carbocycles. The number of aliphatic hydroxyl groups is 1. The van der Waals surface area contributed by atoms with Crippen LogP contribution in [0.5, 0.6) is 0 Å². The van der Waals surface area contributed by atoms with E-state index in [-0.39, 0.29) is 6.61 Å². The van der Waals surface area contributed by atoms with Gasteiger partial charge in [0.25, 0.3) is 0 Å². The first-order valence-corrected chi connectivity index (χ1v) is 6.83. The molecule has 94 valence electrons. The monoisotopic (exact) mass is 227 g/mol. The molecule has 1 heterocycles. The van der Waals surface area contributed by atoms with Crippen molar-refractivity contribution in [3.63, 3.8) is 0 Å². The molecular weight excluding hydrogens is 202 g/mol. The topological polar surface area (TPSA) is 32.7 Å². The fourth-order valence-electron chi connectivity index (χ4n) is 3.04. The summed E-state index contributed by atoms with van der Waals surface area (Å²) in [5.74, 6) is 0.968. The van der Waals surface area contributed by atoms with Gasteiger partial charge in [0.2, 0.25) is 0 Å². The first-order valence-electron chi connectivity index (χ1n) is 6.83. The van der Waals surface area contributed by atoms with E-state index in [1.165, 1.54) is 45.3 Å². The zero-order valence-electron chi connectivity index (χ0n) is 10.2. The van der Waals surface area contributed by atoms with E-state index in [4.69, 9.17) is 9.84 Å². The number of aliphatic hydroxyl groups excluding tert-OH is 1. The third-order valence-corrected chi connectivity index (χ3v) is 3.97. The van der Waals surface area contributed by atoms with Crippen LogP contribution in [0.4, 0.5) is 0 Å².